The topological polar surface area (TPSA) is 78.4 Å². The molecular weight excluding hydrogens is 196 g/mol. The molecule has 0 aliphatic carbocycles. The van der Waals surface area contributed by atoms with E-state index in [0.29, 0.717) is 31.1 Å². The summed E-state index contributed by atoms with van der Waals surface area (Å²) in [6, 6.07) is 0. The first-order valence-corrected chi connectivity index (χ1v) is 4.73. The second-order valence-electron chi connectivity index (χ2n) is 3.32. The fourth-order valence-electron chi connectivity index (χ4n) is 1.40. The van der Waals surface area contributed by atoms with Crippen LogP contribution in [0.15, 0.2) is 12.4 Å². The Balaban J connectivity index is 2.11. The quantitative estimate of drug-likeness (QED) is 0.645. The lowest BCUT2D eigenvalue weighted by molar-refractivity contribution is -0.120. The van der Waals surface area contributed by atoms with Crippen molar-refractivity contribution in [2.75, 3.05) is 24.5 Å². The molecule has 15 heavy (non-hydrogen) atoms. The van der Waals surface area contributed by atoms with Gasteiger partial charge in [-0.3, -0.25) is 4.79 Å². The average Bonchev–Trinajstić information content (AvgIpc) is 2.29. The number of aliphatic hydroxyl groups is 1. The van der Waals surface area contributed by atoms with Crippen molar-refractivity contribution in [3.63, 3.8) is 0 Å². The maximum Gasteiger partial charge on any atom is 0.239 e. The number of carbonyl (C=O) groups excluding carboxylic acids is 1. The van der Waals surface area contributed by atoms with Crippen molar-refractivity contribution < 1.29 is 9.90 Å². The number of nitrogens with zero attached hydrogens (tertiary/aromatic N) is 3. The largest absolute Gasteiger partial charge is 0.392 e. The molecule has 0 aromatic carbocycles. The van der Waals surface area contributed by atoms with Crippen LogP contribution in [0.2, 0.25) is 0 Å². The third-order valence-corrected chi connectivity index (χ3v) is 2.20. The molecule has 0 bridgehead atoms. The molecule has 2 heterocycles. The molecular formula is C9H12N4O2. The number of piperazine rings is 1. The van der Waals surface area contributed by atoms with E-state index in [4.69, 9.17) is 5.11 Å². The van der Waals surface area contributed by atoms with Crippen LogP contribution in [0, 0.1) is 0 Å². The maximum absolute atomic E-state index is 11.1. The summed E-state index contributed by atoms with van der Waals surface area (Å²) < 4.78 is 0. The van der Waals surface area contributed by atoms with Gasteiger partial charge in [0.15, 0.2) is 0 Å². The molecule has 1 fully saturated rings. The molecule has 1 aliphatic rings. The Bertz CT molecular complexity index is 352. The normalized spacial score (nSPS) is 16.3. The molecule has 1 aromatic rings. The van der Waals surface area contributed by atoms with Crippen molar-refractivity contribution in [1.82, 2.24) is 15.3 Å². The van der Waals surface area contributed by atoms with Crippen LogP contribution in [-0.4, -0.2) is 40.6 Å². The first-order chi connectivity index (χ1) is 7.29. The minimum atomic E-state index is -0.0687. The van der Waals surface area contributed by atoms with Crippen molar-refractivity contribution in [1.29, 1.82) is 0 Å². The van der Waals surface area contributed by atoms with Crippen LogP contribution in [0.25, 0.3) is 0 Å². The number of hydrogen-bond acceptors (Lipinski definition) is 5. The number of aliphatic hydroxyl groups excluding tert-OH is 1. The van der Waals surface area contributed by atoms with Gasteiger partial charge in [0.05, 0.1) is 13.2 Å². The van der Waals surface area contributed by atoms with Crippen LogP contribution in [0.5, 0.6) is 0 Å². The Hall–Kier alpha value is -1.69. The highest BCUT2D eigenvalue weighted by molar-refractivity contribution is 5.81. The Morgan fingerprint density at radius 1 is 1.47 bits per heavy atom. The van der Waals surface area contributed by atoms with Crippen LogP contribution in [-0.2, 0) is 11.4 Å². The van der Waals surface area contributed by atoms with Gasteiger partial charge in [0.2, 0.25) is 11.9 Å². The molecule has 0 saturated carbocycles. The lowest BCUT2D eigenvalue weighted by atomic mass is 10.3. The maximum atomic E-state index is 11.1. The zero-order valence-corrected chi connectivity index (χ0v) is 8.18. The van der Waals surface area contributed by atoms with Crippen LogP contribution in [0.1, 0.15) is 5.56 Å². The fraction of sp³-hybridized carbons (Fsp3) is 0.444. The number of amides is 1. The zero-order valence-electron chi connectivity index (χ0n) is 8.18. The molecule has 0 spiro atoms. The van der Waals surface area contributed by atoms with E-state index in [2.05, 4.69) is 15.3 Å². The van der Waals surface area contributed by atoms with Gasteiger partial charge in [-0.15, -0.1) is 0 Å². The summed E-state index contributed by atoms with van der Waals surface area (Å²) in [6.07, 6.45) is 3.13. The molecule has 1 aromatic heterocycles. The molecule has 2 N–H and O–H groups in total. The van der Waals surface area contributed by atoms with Gasteiger partial charge in [0.1, 0.15) is 0 Å². The number of carbonyl (C=O) groups is 1. The Labute approximate surface area is 87.0 Å². The Morgan fingerprint density at radius 2 is 2.20 bits per heavy atom. The van der Waals surface area contributed by atoms with Crippen LogP contribution < -0.4 is 10.2 Å². The third-order valence-electron chi connectivity index (χ3n) is 2.20. The van der Waals surface area contributed by atoms with Gasteiger partial charge in [0.25, 0.3) is 0 Å². The summed E-state index contributed by atoms with van der Waals surface area (Å²) in [6.45, 7) is 1.55. The van der Waals surface area contributed by atoms with Crippen molar-refractivity contribution in [2.45, 2.75) is 6.61 Å². The van der Waals surface area contributed by atoms with Gasteiger partial charge < -0.3 is 15.3 Å². The van der Waals surface area contributed by atoms with Gasteiger partial charge in [-0.05, 0) is 0 Å². The van der Waals surface area contributed by atoms with Gasteiger partial charge in [0, 0.05) is 31.0 Å². The summed E-state index contributed by atoms with van der Waals surface area (Å²) in [5, 5.41) is 11.6. The molecule has 1 aliphatic heterocycles. The van der Waals surface area contributed by atoms with E-state index in [1.165, 1.54) is 0 Å². The Morgan fingerprint density at radius 3 is 2.80 bits per heavy atom. The fourth-order valence-corrected chi connectivity index (χ4v) is 1.40. The van der Waals surface area contributed by atoms with E-state index >= 15 is 0 Å². The highest BCUT2D eigenvalue weighted by Crippen LogP contribution is 2.07. The Kier molecular flexibility index (Phi) is 2.77. The first kappa shape index (κ1) is 9.85. The van der Waals surface area contributed by atoms with E-state index in [1.54, 1.807) is 17.3 Å². The monoisotopic (exact) mass is 208 g/mol. The molecule has 6 heteroatoms. The molecule has 6 nitrogen and oxygen atoms in total. The average molecular weight is 208 g/mol. The summed E-state index contributed by atoms with van der Waals surface area (Å²) in [4.78, 5) is 21.1. The lowest BCUT2D eigenvalue weighted by Crippen LogP contribution is -2.48. The first-order valence-electron chi connectivity index (χ1n) is 4.73. The van der Waals surface area contributed by atoms with E-state index in [-0.39, 0.29) is 12.5 Å². The minimum absolute atomic E-state index is 0.0175. The van der Waals surface area contributed by atoms with Crippen LogP contribution >= 0.6 is 0 Å². The third kappa shape index (κ3) is 2.21. The second kappa shape index (κ2) is 4.22. The summed E-state index contributed by atoms with van der Waals surface area (Å²) in [5.41, 5.74) is 0.667. The number of aromatic nitrogens is 2. The number of nitrogens with one attached hydrogen (secondary N) is 1. The molecule has 0 unspecified atom stereocenters. The van der Waals surface area contributed by atoms with E-state index in [0.717, 1.165) is 0 Å². The predicted octanol–water partition coefficient (Wildman–Crippen LogP) is -1.09. The lowest BCUT2D eigenvalue weighted by Gasteiger charge is -2.26. The molecule has 80 valence electrons. The number of anilines is 1. The second-order valence-corrected chi connectivity index (χ2v) is 3.32. The van der Waals surface area contributed by atoms with Gasteiger partial charge >= 0.3 is 0 Å². The van der Waals surface area contributed by atoms with Crippen LogP contribution in [0.3, 0.4) is 0 Å². The molecule has 1 amide bonds. The summed E-state index contributed by atoms with van der Waals surface area (Å²) in [5.74, 6) is 0.512. The smallest absolute Gasteiger partial charge is 0.239 e. The number of hydrogen-bond donors (Lipinski definition) is 2. The molecule has 2 rings (SSSR count). The number of rotatable bonds is 2. The predicted molar refractivity (Wildman–Crippen MR) is 53.2 cm³/mol. The van der Waals surface area contributed by atoms with Gasteiger partial charge in [-0.2, -0.15) is 0 Å². The highest BCUT2D eigenvalue weighted by Gasteiger charge is 2.17. The van der Waals surface area contributed by atoms with Crippen molar-refractivity contribution in [3.8, 4) is 0 Å². The molecule has 0 radical (unpaired) electrons. The molecule has 0 atom stereocenters. The van der Waals surface area contributed by atoms with E-state index < -0.39 is 0 Å². The standard InChI is InChI=1S/C9H12N4O2/c14-6-7-3-11-9(12-4-7)13-2-1-10-8(15)5-13/h3-4,14H,1-2,5-6H2,(H,10,15). The SMILES string of the molecule is O=C1CN(c2ncc(CO)cn2)CCN1. The molecule has 1 saturated heterocycles. The summed E-state index contributed by atoms with van der Waals surface area (Å²) >= 11 is 0. The zero-order chi connectivity index (χ0) is 10.7. The van der Waals surface area contributed by atoms with Crippen LogP contribution in [0.4, 0.5) is 5.95 Å². The van der Waals surface area contributed by atoms with Crippen molar-refractivity contribution >= 4 is 11.9 Å². The van der Waals surface area contributed by atoms with Crippen molar-refractivity contribution in [2.24, 2.45) is 0 Å². The highest BCUT2D eigenvalue weighted by atomic mass is 16.3. The van der Waals surface area contributed by atoms with E-state index in [9.17, 15) is 4.79 Å². The summed E-state index contributed by atoms with van der Waals surface area (Å²) in [7, 11) is 0. The van der Waals surface area contributed by atoms with Gasteiger partial charge in [-0.25, -0.2) is 9.97 Å². The minimum Gasteiger partial charge on any atom is -0.392 e. The van der Waals surface area contributed by atoms with Gasteiger partial charge in [-0.1, -0.05) is 0 Å². The van der Waals surface area contributed by atoms with E-state index in [1.807, 2.05) is 0 Å². The van der Waals surface area contributed by atoms with Crippen molar-refractivity contribution in [3.05, 3.63) is 18.0 Å².